The molecule has 1 heterocycles. The fourth-order valence-corrected chi connectivity index (χ4v) is 3.90. The molecule has 0 aromatic heterocycles. The first-order chi connectivity index (χ1) is 11.1. The molecule has 4 atom stereocenters. The van der Waals surface area contributed by atoms with Crippen molar-refractivity contribution < 1.29 is 24.2 Å². The van der Waals surface area contributed by atoms with E-state index in [-0.39, 0.29) is 17.7 Å². The van der Waals surface area contributed by atoms with Crippen LogP contribution in [0.4, 0.5) is 5.69 Å². The van der Waals surface area contributed by atoms with Crippen molar-refractivity contribution in [3.05, 3.63) is 30.4 Å². The van der Waals surface area contributed by atoms with E-state index in [9.17, 15) is 14.7 Å². The number of anilines is 1. The van der Waals surface area contributed by atoms with Crippen LogP contribution in [0.15, 0.2) is 30.4 Å². The molecule has 6 nitrogen and oxygen atoms in total. The van der Waals surface area contributed by atoms with Crippen molar-refractivity contribution in [1.29, 1.82) is 0 Å². The first-order valence-electron chi connectivity index (χ1n) is 7.76. The largest absolute Gasteiger partial charge is 0.486 e. The van der Waals surface area contributed by atoms with Crippen LogP contribution in [-0.2, 0) is 9.59 Å². The summed E-state index contributed by atoms with van der Waals surface area (Å²) >= 11 is 0. The highest BCUT2D eigenvalue weighted by Crippen LogP contribution is 2.49. The molecule has 2 aliphatic carbocycles. The lowest BCUT2D eigenvalue weighted by Gasteiger charge is -2.25. The third-order valence-electron chi connectivity index (χ3n) is 4.87. The van der Waals surface area contributed by atoms with Gasteiger partial charge in [0.15, 0.2) is 11.5 Å². The molecule has 120 valence electrons. The van der Waals surface area contributed by atoms with Gasteiger partial charge in [0, 0.05) is 0 Å². The number of nitrogens with one attached hydrogen (secondary N) is 1. The molecule has 0 radical (unpaired) electrons. The molecule has 1 amide bonds. The predicted octanol–water partition coefficient (Wildman–Crippen LogP) is 1.92. The zero-order valence-corrected chi connectivity index (χ0v) is 12.4. The monoisotopic (exact) mass is 315 g/mol. The summed E-state index contributed by atoms with van der Waals surface area (Å²) < 4.78 is 11.1. The van der Waals surface area contributed by atoms with Gasteiger partial charge in [-0.3, -0.25) is 9.59 Å². The Morgan fingerprint density at radius 2 is 1.83 bits per heavy atom. The minimum absolute atomic E-state index is 0.00203. The molecule has 3 aliphatic rings. The summed E-state index contributed by atoms with van der Waals surface area (Å²) in [6, 6.07) is 5.30. The summed E-state index contributed by atoms with van der Waals surface area (Å²) in [4.78, 5) is 24.2. The van der Waals surface area contributed by atoms with Crippen LogP contribution < -0.4 is 14.8 Å². The van der Waals surface area contributed by atoms with Crippen molar-refractivity contribution in [1.82, 2.24) is 0 Å². The van der Waals surface area contributed by atoms with Gasteiger partial charge in [-0.15, -0.1) is 0 Å². The molecule has 23 heavy (non-hydrogen) atoms. The van der Waals surface area contributed by atoms with E-state index < -0.39 is 17.8 Å². The molecule has 1 fully saturated rings. The lowest BCUT2D eigenvalue weighted by molar-refractivity contribution is -0.146. The molecule has 1 aromatic rings. The van der Waals surface area contributed by atoms with E-state index in [4.69, 9.17) is 9.47 Å². The van der Waals surface area contributed by atoms with Crippen molar-refractivity contribution in [3.63, 3.8) is 0 Å². The van der Waals surface area contributed by atoms with Gasteiger partial charge < -0.3 is 19.9 Å². The Labute approximate surface area is 133 Å². The van der Waals surface area contributed by atoms with Gasteiger partial charge in [0.25, 0.3) is 0 Å². The highest BCUT2D eigenvalue weighted by atomic mass is 16.6. The minimum atomic E-state index is -0.906. The Morgan fingerprint density at radius 3 is 2.61 bits per heavy atom. The molecule has 2 bridgehead atoms. The van der Waals surface area contributed by atoms with Gasteiger partial charge >= 0.3 is 5.97 Å². The highest BCUT2D eigenvalue weighted by Gasteiger charge is 2.51. The maximum Gasteiger partial charge on any atom is 0.307 e. The van der Waals surface area contributed by atoms with Crippen LogP contribution in [0.5, 0.6) is 11.5 Å². The Kier molecular flexibility index (Phi) is 3.25. The van der Waals surface area contributed by atoms with Crippen LogP contribution in [0, 0.1) is 23.7 Å². The minimum Gasteiger partial charge on any atom is -0.486 e. The molecule has 0 saturated heterocycles. The van der Waals surface area contributed by atoms with Crippen molar-refractivity contribution >= 4 is 17.6 Å². The van der Waals surface area contributed by atoms with Crippen molar-refractivity contribution in [2.24, 2.45) is 23.7 Å². The number of para-hydroxylation sites is 1. The van der Waals surface area contributed by atoms with Crippen LogP contribution in [0.25, 0.3) is 0 Å². The molecule has 0 spiro atoms. The number of benzene rings is 1. The SMILES string of the molecule is O=C(O)[C@@H]1[C@H](C(=O)Nc2cccc3c2OCCO3)[C@H]2C=C[C@H]1C2. The van der Waals surface area contributed by atoms with Crippen LogP contribution in [0.1, 0.15) is 6.42 Å². The average molecular weight is 315 g/mol. The number of carboxylic acid groups (broad SMARTS) is 1. The summed E-state index contributed by atoms with van der Waals surface area (Å²) in [5.41, 5.74) is 0.531. The van der Waals surface area contributed by atoms with Crippen molar-refractivity contribution in [2.75, 3.05) is 18.5 Å². The third kappa shape index (κ3) is 2.25. The number of rotatable bonds is 3. The number of ether oxygens (including phenoxy) is 2. The molecular weight excluding hydrogens is 298 g/mol. The van der Waals surface area contributed by atoms with E-state index in [1.807, 2.05) is 12.2 Å². The molecule has 1 aromatic carbocycles. The first-order valence-corrected chi connectivity index (χ1v) is 7.76. The Balaban J connectivity index is 1.59. The topological polar surface area (TPSA) is 84.9 Å². The number of allylic oxidation sites excluding steroid dienone is 2. The zero-order chi connectivity index (χ0) is 16.0. The third-order valence-corrected chi connectivity index (χ3v) is 4.87. The van der Waals surface area contributed by atoms with Gasteiger partial charge in [0.1, 0.15) is 13.2 Å². The molecule has 4 rings (SSSR count). The number of carbonyl (C=O) groups is 2. The van der Waals surface area contributed by atoms with Gasteiger partial charge in [-0.25, -0.2) is 0 Å². The van der Waals surface area contributed by atoms with Crippen molar-refractivity contribution in [2.45, 2.75) is 6.42 Å². The lowest BCUT2D eigenvalue weighted by atomic mass is 9.82. The average Bonchev–Trinajstić information content (AvgIpc) is 3.16. The molecular formula is C17H17NO5. The normalized spacial score (nSPS) is 30.3. The molecule has 1 aliphatic heterocycles. The Bertz CT molecular complexity index is 698. The number of hydrogen-bond donors (Lipinski definition) is 2. The second-order valence-electron chi connectivity index (χ2n) is 6.16. The second kappa shape index (κ2) is 5.30. The number of amides is 1. The van der Waals surface area contributed by atoms with E-state index in [0.717, 1.165) is 6.42 Å². The fourth-order valence-electron chi connectivity index (χ4n) is 3.90. The van der Waals surface area contributed by atoms with E-state index in [1.165, 1.54) is 0 Å². The van der Waals surface area contributed by atoms with E-state index in [0.29, 0.717) is 30.4 Å². The molecule has 2 N–H and O–H groups in total. The Morgan fingerprint density at radius 1 is 1.09 bits per heavy atom. The van der Waals surface area contributed by atoms with Crippen LogP contribution in [0.3, 0.4) is 0 Å². The predicted molar refractivity (Wildman–Crippen MR) is 81.4 cm³/mol. The zero-order valence-electron chi connectivity index (χ0n) is 12.4. The quantitative estimate of drug-likeness (QED) is 0.832. The molecule has 6 heteroatoms. The van der Waals surface area contributed by atoms with Crippen molar-refractivity contribution in [3.8, 4) is 11.5 Å². The van der Waals surface area contributed by atoms with Gasteiger partial charge in [0.2, 0.25) is 5.91 Å². The highest BCUT2D eigenvalue weighted by molar-refractivity contribution is 5.97. The smallest absolute Gasteiger partial charge is 0.307 e. The number of fused-ring (bicyclic) bond motifs is 3. The fraction of sp³-hybridized carbons (Fsp3) is 0.412. The molecule has 0 unspecified atom stereocenters. The van der Waals surface area contributed by atoms with Gasteiger partial charge in [-0.2, -0.15) is 0 Å². The standard InChI is InChI=1S/C17H17NO5/c19-16(13-9-4-5-10(8-9)14(13)17(20)21)18-11-2-1-3-12-15(11)23-7-6-22-12/h1-5,9-10,13-14H,6-8H2,(H,18,19)(H,20,21)/t9-,10-,13+,14-/m0/s1. The van der Waals surface area contributed by atoms with Gasteiger partial charge in [-0.05, 0) is 30.4 Å². The summed E-state index contributed by atoms with van der Waals surface area (Å²) in [6.45, 7) is 0.900. The summed E-state index contributed by atoms with van der Waals surface area (Å²) in [6.07, 6.45) is 4.63. The second-order valence-corrected chi connectivity index (χ2v) is 6.16. The molecule has 1 saturated carbocycles. The van der Waals surface area contributed by atoms with E-state index in [2.05, 4.69) is 5.32 Å². The maximum absolute atomic E-state index is 12.7. The number of carbonyl (C=O) groups excluding carboxylic acids is 1. The number of aliphatic carboxylic acids is 1. The van der Waals surface area contributed by atoms with Crippen LogP contribution >= 0.6 is 0 Å². The summed E-state index contributed by atoms with van der Waals surface area (Å²) in [7, 11) is 0. The van der Waals surface area contributed by atoms with E-state index >= 15 is 0 Å². The number of hydrogen-bond acceptors (Lipinski definition) is 4. The lowest BCUT2D eigenvalue weighted by Crippen LogP contribution is -2.36. The summed E-state index contributed by atoms with van der Waals surface area (Å²) in [5, 5.41) is 12.3. The maximum atomic E-state index is 12.7. The van der Waals surface area contributed by atoms with Gasteiger partial charge in [0.05, 0.1) is 17.5 Å². The van der Waals surface area contributed by atoms with Crippen LogP contribution in [-0.4, -0.2) is 30.2 Å². The van der Waals surface area contributed by atoms with Crippen LogP contribution in [0.2, 0.25) is 0 Å². The van der Waals surface area contributed by atoms with E-state index in [1.54, 1.807) is 18.2 Å². The first kappa shape index (κ1) is 14.1. The van der Waals surface area contributed by atoms with Gasteiger partial charge in [-0.1, -0.05) is 18.2 Å². The number of carboxylic acids is 1. The summed E-state index contributed by atoms with van der Waals surface area (Å²) in [5.74, 6) is -1.30. The Hall–Kier alpha value is -2.50.